The maximum atomic E-state index is 16.4. The lowest BCUT2D eigenvalue weighted by Gasteiger charge is -2.23. The van der Waals surface area contributed by atoms with Crippen LogP contribution in [-0.4, -0.2) is 0 Å². The summed E-state index contributed by atoms with van der Waals surface area (Å²) in [5, 5.41) is 16.4. The third-order valence-corrected chi connectivity index (χ3v) is 12.4. The van der Waals surface area contributed by atoms with Gasteiger partial charge in [-0.2, -0.15) is 0 Å². The van der Waals surface area contributed by atoms with Crippen LogP contribution in [0.4, 0.5) is 0 Å². The molecule has 0 N–H and O–H groups in total. The highest BCUT2D eigenvalue weighted by Gasteiger charge is 2.37. The van der Waals surface area contributed by atoms with Gasteiger partial charge in [0.25, 0.3) is 0 Å². The van der Waals surface area contributed by atoms with Gasteiger partial charge < -0.3 is 8.98 Å². The quantitative estimate of drug-likeness (QED) is 0.157. The van der Waals surface area contributed by atoms with Crippen molar-refractivity contribution in [3.63, 3.8) is 0 Å². The summed E-state index contributed by atoms with van der Waals surface area (Å²) in [6.45, 7) is 0. The molecule has 200 valence electrons. The largest absolute Gasteiger partial charge is 0.452 e. The number of furan rings is 1. The topological polar surface area (TPSA) is 30.2 Å². The van der Waals surface area contributed by atoms with Crippen LogP contribution in [0.2, 0.25) is 0 Å². The summed E-state index contributed by atoms with van der Waals surface area (Å²) in [7, 11) is -3.53. The lowest BCUT2D eigenvalue weighted by atomic mass is 9.94. The summed E-state index contributed by atoms with van der Waals surface area (Å²) in [6, 6.07) is 48.6. The lowest BCUT2D eigenvalue weighted by Crippen LogP contribution is -2.25. The first-order chi connectivity index (χ1) is 21.2. The van der Waals surface area contributed by atoms with E-state index in [4.69, 9.17) is 4.42 Å². The van der Waals surface area contributed by atoms with Gasteiger partial charge >= 0.3 is 0 Å². The van der Waals surface area contributed by atoms with Crippen molar-refractivity contribution >= 4 is 98.9 Å². The minimum Gasteiger partial charge on any atom is -0.452 e. The first kappa shape index (κ1) is 23.4. The van der Waals surface area contributed by atoms with Gasteiger partial charge in [-0.25, -0.2) is 0 Å². The van der Waals surface area contributed by atoms with Crippen molar-refractivity contribution in [2.75, 3.05) is 0 Å². The molecule has 0 atom stereocenters. The predicted octanol–water partition coefficient (Wildman–Crippen LogP) is 9.87. The second kappa shape index (κ2) is 8.22. The highest BCUT2D eigenvalue weighted by atomic mass is 31.2. The fourth-order valence-corrected chi connectivity index (χ4v) is 10.4. The molecule has 10 aromatic rings. The van der Waals surface area contributed by atoms with Gasteiger partial charge in [-0.05, 0) is 88.9 Å². The Labute approximate surface area is 246 Å². The molecule has 0 amide bonds. The summed E-state index contributed by atoms with van der Waals surface area (Å²) < 4.78 is 22.9. The molecule has 0 unspecified atom stereocenters. The Morgan fingerprint density at radius 3 is 1.33 bits per heavy atom. The van der Waals surface area contributed by atoms with Crippen LogP contribution in [0.5, 0.6) is 0 Å². The molecule has 0 aliphatic rings. The van der Waals surface area contributed by atoms with Gasteiger partial charge in [-0.3, -0.25) is 0 Å². The average Bonchev–Trinajstić information content (AvgIpc) is 3.51. The van der Waals surface area contributed by atoms with Crippen LogP contribution in [-0.2, 0) is 4.57 Å². The van der Waals surface area contributed by atoms with Crippen LogP contribution >= 0.6 is 7.14 Å². The van der Waals surface area contributed by atoms with Crippen LogP contribution < -0.4 is 16.1 Å². The minimum atomic E-state index is -3.53. The molecule has 3 heteroatoms. The number of para-hydroxylation sites is 1. The van der Waals surface area contributed by atoms with E-state index in [1.807, 2.05) is 30.3 Å². The number of rotatable bonds is 3. The van der Waals surface area contributed by atoms with Crippen molar-refractivity contribution in [3.8, 4) is 0 Å². The molecule has 0 saturated heterocycles. The highest BCUT2D eigenvalue weighted by Crippen LogP contribution is 2.50. The predicted molar refractivity (Wildman–Crippen MR) is 183 cm³/mol. The van der Waals surface area contributed by atoms with Crippen LogP contribution in [0.15, 0.2) is 144 Å². The lowest BCUT2D eigenvalue weighted by molar-refractivity contribution is 0.580. The molecule has 43 heavy (non-hydrogen) atoms. The molecule has 0 bridgehead atoms. The summed E-state index contributed by atoms with van der Waals surface area (Å²) in [6.07, 6.45) is 0. The molecular weight excluding hydrogens is 543 g/mol. The average molecular weight is 567 g/mol. The zero-order valence-electron chi connectivity index (χ0n) is 23.0. The number of hydrogen-bond donors (Lipinski definition) is 0. The summed E-state index contributed by atoms with van der Waals surface area (Å²) in [5.41, 5.74) is 1.26. The van der Waals surface area contributed by atoms with E-state index in [2.05, 4.69) is 109 Å². The van der Waals surface area contributed by atoms with Gasteiger partial charge in [0, 0.05) is 16.0 Å². The molecule has 9 aromatic carbocycles. The zero-order chi connectivity index (χ0) is 28.3. The molecule has 0 aliphatic heterocycles. The SMILES string of the molecule is O=P(c1cc2ccccc2o1)(c1ccc2ccc3cccc4ccc1c2c34)c1ccc2ccc3cccc4ccc1c2c34. The second-order valence-electron chi connectivity index (χ2n) is 11.6. The van der Waals surface area contributed by atoms with Crippen molar-refractivity contribution in [2.24, 2.45) is 0 Å². The van der Waals surface area contributed by atoms with Crippen LogP contribution in [0.1, 0.15) is 0 Å². The van der Waals surface area contributed by atoms with Gasteiger partial charge in [0.1, 0.15) is 5.58 Å². The first-order valence-electron chi connectivity index (χ1n) is 14.6. The molecule has 10 rings (SSSR count). The maximum absolute atomic E-state index is 16.4. The number of benzene rings is 9. The summed E-state index contributed by atoms with van der Waals surface area (Å²) in [4.78, 5) is 0. The Morgan fingerprint density at radius 2 is 0.814 bits per heavy atom. The van der Waals surface area contributed by atoms with E-state index < -0.39 is 7.14 Å². The molecule has 0 fully saturated rings. The third-order valence-electron chi connectivity index (χ3n) is 9.41. The summed E-state index contributed by atoms with van der Waals surface area (Å²) >= 11 is 0. The molecule has 1 aromatic heterocycles. The normalized spacial score (nSPS) is 12.7. The van der Waals surface area contributed by atoms with E-state index in [-0.39, 0.29) is 0 Å². The Morgan fingerprint density at radius 1 is 0.395 bits per heavy atom. The molecule has 2 nitrogen and oxygen atoms in total. The van der Waals surface area contributed by atoms with E-state index in [9.17, 15) is 0 Å². The fourth-order valence-electron chi connectivity index (χ4n) is 7.48. The Kier molecular flexibility index (Phi) is 4.47. The Bertz CT molecular complexity index is 2550. The Balaban J connectivity index is 1.39. The smallest absolute Gasteiger partial charge is 0.205 e. The van der Waals surface area contributed by atoms with Crippen LogP contribution in [0, 0.1) is 0 Å². The molecule has 0 aliphatic carbocycles. The number of fused-ring (bicyclic) bond motifs is 1. The van der Waals surface area contributed by atoms with E-state index in [1.165, 1.54) is 32.3 Å². The van der Waals surface area contributed by atoms with Crippen molar-refractivity contribution in [1.29, 1.82) is 0 Å². The van der Waals surface area contributed by atoms with Crippen molar-refractivity contribution in [1.82, 2.24) is 0 Å². The minimum absolute atomic E-state index is 0.513. The summed E-state index contributed by atoms with van der Waals surface area (Å²) in [5.74, 6) is 0. The van der Waals surface area contributed by atoms with Crippen molar-refractivity contribution in [3.05, 3.63) is 140 Å². The van der Waals surface area contributed by atoms with Gasteiger partial charge in [0.2, 0.25) is 7.14 Å². The van der Waals surface area contributed by atoms with Gasteiger partial charge in [-0.15, -0.1) is 0 Å². The van der Waals surface area contributed by atoms with E-state index >= 15 is 4.57 Å². The standard InChI is InChI=1S/C40H23O2P/c41-43(36-23-30-5-1-2-10-33(30)42-36,34-21-17-28-13-11-24-6-3-8-26-15-19-31(34)39(28)37(24)26)35-22-18-29-14-12-25-7-4-9-27-16-20-32(35)40(29)38(25)27/h1-23H. The van der Waals surface area contributed by atoms with E-state index in [0.717, 1.165) is 53.9 Å². The second-order valence-corrected chi connectivity index (χ2v) is 14.2. The molecule has 1 heterocycles. The number of hydrogen-bond acceptors (Lipinski definition) is 2. The molecule has 0 spiro atoms. The van der Waals surface area contributed by atoms with E-state index in [1.54, 1.807) is 0 Å². The van der Waals surface area contributed by atoms with Gasteiger partial charge in [0.15, 0.2) is 5.50 Å². The molecule has 0 saturated carbocycles. The first-order valence-corrected chi connectivity index (χ1v) is 16.3. The van der Waals surface area contributed by atoms with Crippen molar-refractivity contribution in [2.45, 2.75) is 0 Å². The monoisotopic (exact) mass is 566 g/mol. The molecular formula is C40H23O2P. The molecule has 0 radical (unpaired) electrons. The van der Waals surface area contributed by atoms with Gasteiger partial charge in [-0.1, -0.05) is 115 Å². The van der Waals surface area contributed by atoms with Crippen LogP contribution in [0.3, 0.4) is 0 Å². The fraction of sp³-hybridized carbons (Fsp3) is 0. The zero-order valence-corrected chi connectivity index (χ0v) is 23.9. The van der Waals surface area contributed by atoms with E-state index in [0.29, 0.717) is 5.50 Å². The van der Waals surface area contributed by atoms with Crippen LogP contribution in [0.25, 0.3) is 75.6 Å². The Hall–Kier alpha value is -5.17. The van der Waals surface area contributed by atoms with Gasteiger partial charge in [0.05, 0.1) is 0 Å². The third kappa shape index (κ3) is 3.01. The highest BCUT2D eigenvalue weighted by molar-refractivity contribution is 7.85. The van der Waals surface area contributed by atoms with Crippen molar-refractivity contribution < 1.29 is 8.98 Å². The maximum Gasteiger partial charge on any atom is 0.205 e.